The summed E-state index contributed by atoms with van der Waals surface area (Å²) < 4.78 is 46.5. The molecule has 0 saturated carbocycles. The van der Waals surface area contributed by atoms with Crippen LogP contribution < -0.4 is 15.4 Å². The molecular weight excluding hydrogens is 438 g/mol. The van der Waals surface area contributed by atoms with Crippen molar-refractivity contribution >= 4 is 38.5 Å². The zero-order valence-electron chi connectivity index (χ0n) is 17.6. The van der Waals surface area contributed by atoms with E-state index in [0.717, 1.165) is 5.56 Å². The van der Waals surface area contributed by atoms with Gasteiger partial charge in [0.05, 0.1) is 11.7 Å². The van der Waals surface area contributed by atoms with Crippen LogP contribution in [0, 0.1) is 5.41 Å². The number of sulfonamides is 1. The van der Waals surface area contributed by atoms with Crippen LogP contribution in [0.25, 0.3) is 0 Å². The highest BCUT2D eigenvalue weighted by Crippen LogP contribution is 2.39. The molecule has 166 valence electrons. The summed E-state index contributed by atoms with van der Waals surface area (Å²) in [5.74, 6) is -0.0896. The summed E-state index contributed by atoms with van der Waals surface area (Å²) in [7, 11) is -2.62. The minimum atomic E-state index is -3.87. The van der Waals surface area contributed by atoms with Gasteiger partial charge in [0.2, 0.25) is 21.7 Å². The first kappa shape index (κ1) is 22.9. The number of nitrogens with one attached hydrogen (secondary N) is 3. The minimum Gasteiger partial charge on any atom is -0.546 e. The van der Waals surface area contributed by atoms with E-state index in [1.54, 1.807) is 0 Å². The fraction of sp³-hybridized carbons (Fsp3) is 0.300. The average Bonchev–Trinajstić information content (AvgIpc) is 3.06. The third kappa shape index (κ3) is 5.13. The standard InChI is InChI=1S/C20H25N5O4S2/c1-20(2,3)17(13-9-6-5-7-10-13)23-19-18(24-30(27)25-19)22-14-11-8-12-15(16(14)26)31(28,29)21-4/h5-12,17,21,26H,1-4H3,(H,22,24)(H,23,25)/t17-,30?/m0/s1. The summed E-state index contributed by atoms with van der Waals surface area (Å²) in [5.41, 5.74) is 0.886. The molecule has 0 amide bonds. The van der Waals surface area contributed by atoms with E-state index < -0.39 is 26.9 Å². The van der Waals surface area contributed by atoms with E-state index in [2.05, 4.69) is 44.9 Å². The van der Waals surface area contributed by atoms with E-state index in [0.29, 0.717) is 0 Å². The Morgan fingerprint density at radius 3 is 2.29 bits per heavy atom. The first-order valence-corrected chi connectivity index (χ1v) is 12.0. The molecule has 31 heavy (non-hydrogen) atoms. The largest absolute Gasteiger partial charge is 0.546 e. The van der Waals surface area contributed by atoms with Crippen LogP contribution in [0.3, 0.4) is 0 Å². The average molecular weight is 464 g/mol. The number of aromatic hydroxyl groups is 1. The third-order valence-corrected chi connectivity index (χ3v) is 6.78. The van der Waals surface area contributed by atoms with Crippen LogP contribution in [0.2, 0.25) is 0 Å². The van der Waals surface area contributed by atoms with Crippen LogP contribution in [0.5, 0.6) is 5.75 Å². The Labute approximate surface area is 184 Å². The molecule has 0 aliphatic carbocycles. The van der Waals surface area contributed by atoms with Gasteiger partial charge in [-0.3, -0.25) is 0 Å². The lowest BCUT2D eigenvalue weighted by Gasteiger charge is -2.31. The molecule has 3 aromatic rings. The number of hydrogen-bond acceptors (Lipinski definition) is 8. The van der Waals surface area contributed by atoms with Gasteiger partial charge in [0.1, 0.15) is 4.90 Å². The van der Waals surface area contributed by atoms with E-state index >= 15 is 0 Å². The zero-order chi connectivity index (χ0) is 22.8. The van der Waals surface area contributed by atoms with Crippen molar-refractivity contribution in [3.05, 3.63) is 54.1 Å². The van der Waals surface area contributed by atoms with E-state index in [-0.39, 0.29) is 33.7 Å². The highest BCUT2D eigenvalue weighted by Gasteiger charge is 2.30. The molecule has 9 nitrogen and oxygen atoms in total. The Morgan fingerprint density at radius 1 is 1.03 bits per heavy atom. The van der Waals surface area contributed by atoms with Crippen molar-refractivity contribution in [2.75, 3.05) is 17.7 Å². The summed E-state index contributed by atoms with van der Waals surface area (Å²) in [5, 5.41) is 16.6. The molecule has 0 spiro atoms. The first-order chi connectivity index (χ1) is 14.5. The van der Waals surface area contributed by atoms with Crippen molar-refractivity contribution in [3.8, 4) is 5.75 Å². The molecule has 2 atom stereocenters. The molecule has 1 heterocycles. The lowest BCUT2D eigenvalue weighted by molar-refractivity contribution is 0.347. The van der Waals surface area contributed by atoms with Crippen molar-refractivity contribution in [2.24, 2.45) is 5.41 Å². The number of para-hydroxylation sites is 1. The number of hydrogen-bond donors (Lipinski definition) is 4. The minimum absolute atomic E-state index is 0.0931. The number of nitrogens with zero attached hydrogens (tertiary/aromatic N) is 2. The van der Waals surface area contributed by atoms with Crippen molar-refractivity contribution in [2.45, 2.75) is 31.7 Å². The van der Waals surface area contributed by atoms with Gasteiger partial charge in [0.25, 0.3) is 0 Å². The highest BCUT2D eigenvalue weighted by molar-refractivity contribution is 7.89. The maximum atomic E-state index is 12.1. The molecule has 11 heteroatoms. The van der Waals surface area contributed by atoms with Gasteiger partial charge in [-0.15, -0.1) is 0 Å². The molecule has 4 N–H and O–H groups in total. The second kappa shape index (κ2) is 8.79. The molecule has 0 saturated heterocycles. The van der Waals surface area contributed by atoms with E-state index in [9.17, 15) is 18.1 Å². The topological polar surface area (TPSA) is 139 Å². The lowest BCUT2D eigenvalue weighted by atomic mass is 9.82. The second-order valence-corrected chi connectivity index (χ2v) is 10.6. The van der Waals surface area contributed by atoms with Crippen molar-refractivity contribution < 1.29 is 18.1 Å². The Bertz CT molecular complexity index is 1160. The third-order valence-electron chi connectivity index (χ3n) is 4.65. The van der Waals surface area contributed by atoms with Crippen LogP contribution in [0.4, 0.5) is 17.3 Å². The SMILES string of the molecule is CNS(=O)(=O)c1cccc(Nc2n[s+]([O-])nc2N[C@@H](c2ccccc2)C(C)(C)C)c1O. The normalized spacial score (nSPS) is 13.6. The fourth-order valence-corrected chi connectivity index (χ4v) is 4.57. The van der Waals surface area contributed by atoms with Crippen LogP contribution in [-0.4, -0.2) is 33.9 Å². The Hall–Kier alpha value is -2.73. The van der Waals surface area contributed by atoms with Crippen molar-refractivity contribution in [1.29, 1.82) is 0 Å². The zero-order valence-corrected chi connectivity index (χ0v) is 19.2. The van der Waals surface area contributed by atoms with E-state index in [4.69, 9.17) is 0 Å². The smallest absolute Gasteiger partial charge is 0.244 e. The molecule has 2 aromatic carbocycles. The number of phenols is 1. The van der Waals surface area contributed by atoms with E-state index in [1.807, 2.05) is 30.3 Å². The van der Waals surface area contributed by atoms with Gasteiger partial charge < -0.3 is 20.3 Å². The van der Waals surface area contributed by atoms with Gasteiger partial charge in [-0.1, -0.05) is 57.2 Å². The maximum absolute atomic E-state index is 12.1. The van der Waals surface area contributed by atoms with Crippen LogP contribution in [-0.2, 0) is 10.0 Å². The molecule has 1 aromatic heterocycles. The number of benzene rings is 2. The fourth-order valence-electron chi connectivity index (χ4n) is 3.10. The highest BCUT2D eigenvalue weighted by atomic mass is 32.2. The van der Waals surface area contributed by atoms with Crippen molar-refractivity contribution in [3.63, 3.8) is 0 Å². The van der Waals surface area contributed by atoms with Crippen LogP contribution >= 0.6 is 11.1 Å². The summed E-state index contributed by atoms with van der Waals surface area (Å²) >= 11 is -1.85. The number of anilines is 3. The maximum Gasteiger partial charge on any atom is 0.244 e. The van der Waals surface area contributed by atoms with Gasteiger partial charge >= 0.3 is 0 Å². The molecule has 0 aliphatic rings. The summed E-state index contributed by atoms with van der Waals surface area (Å²) in [6.07, 6.45) is 0. The molecule has 0 radical (unpaired) electrons. The Kier molecular flexibility index (Phi) is 6.51. The molecule has 3 rings (SSSR count). The number of aromatic nitrogens is 2. The molecule has 0 aliphatic heterocycles. The predicted molar refractivity (Wildman–Crippen MR) is 121 cm³/mol. The molecule has 0 bridgehead atoms. The lowest BCUT2D eigenvalue weighted by Crippen LogP contribution is -2.26. The summed E-state index contributed by atoms with van der Waals surface area (Å²) in [6.45, 7) is 6.19. The van der Waals surface area contributed by atoms with Gasteiger partial charge in [-0.2, -0.15) is 0 Å². The predicted octanol–water partition coefficient (Wildman–Crippen LogP) is 3.76. The number of phenolic OH excluding ortho intramolecular Hbond substituents is 1. The second-order valence-electron chi connectivity index (χ2n) is 7.95. The molecule has 0 fully saturated rings. The Balaban J connectivity index is 1.97. The van der Waals surface area contributed by atoms with Crippen LogP contribution in [0.1, 0.15) is 32.4 Å². The monoisotopic (exact) mass is 463 g/mol. The summed E-state index contributed by atoms with van der Waals surface area (Å²) in [4.78, 5) is -0.289. The van der Waals surface area contributed by atoms with E-state index in [1.165, 1.54) is 25.2 Å². The Morgan fingerprint density at radius 2 is 1.68 bits per heavy atom. The van der Waals surface area contributed by atoms with Gasteiger partial charge in [0, 0.05) is 8.75 Å². The van der Waals surface area contributed by atoms with Gasteiger partial charge in [0.15, 0.2) is 16.9 Å². The van der Waals surface area contributed by atoms with Crippen molar-refractivity contribution in [1.82, 2.24) is 13.5 Å². The molecular formula is C20H25N5O4S2. The summed E-state index contributed by atoms with van der Waals surface area (Å²) in [6, 6.07) is 13.8. The quantitative estimate of drug-likeness (QED) is 0.307. The van der Waals surface area contributed by atoms with Crippen LogP contribution in [0.15, 0.2) is 53.4 Å². The number of rotatable bonds is 7. The first-order valence-electron chi connectivity index (χ1n) is 9.46. The van der Waals surface area contributed by atoms with Gasteiger partial charge in [-0.25, -0.2) is 13.1 Å². The van der Waals surface area contributed by atoms with Gasteiger partial charge in [-0.05, 0) is 30.2 Å². The molecule has 1 unspecified atom stereocenters.